The predicted molar refractivity (Wildman–Crippen MR) is 582 cm³/mol. The number of nitrogen functional groups attached to an aromatic ring is 1. The van der Waals surface area contributed by atoms with Gasteiger partial charge in [-0.3, -0.25) is 73.5 Å². The number of ether oxygens (including phenoxy) is 4. The molecule has 0 unspecified atom stereocenters. The highest BCUT2D eigenvalue weighted by molar-refractivity contribution is 8.40. The largest absolute Gasteiger partial charge is 0.519 e. The number of Topliss-reactive ketones (excluding diaryl/α,β-unsaturated/α-hetero) is 3. The molecule has 0 spiro atoms. The molecule has 51 nitrogen and oxygen atoms in total. The molecule has 0 saturated heterocycles. The van der Waals surface area contributed by atoms with Crippen molar-refractivity contribution in [2.75, 3.05) is 62.0 Å². The number of carbonyl (C=O) groups excluding carboxylic acids is 13. The first-order chi connectivity index (χ1) is 66.4. The fourth-order valence-electron chi connectivity index (χ4n) is 11.4. The lowest BCUT2D eigenvalue weighted by atomic mass is 9.89. The minimum Gasteiger partial charge on any atom is -0.481 e. The number of hydrogen-bond acceptors (Lipinski definition) is 32. The Bertz CT molecular complexity index is 5190. The summed E-state index contributed by atoms with van der Waals surface area (Å²) in [5.41, 5.74) is 48.8. The molecule has 0 fully saturated rings. The first-order valence-corrected chi connectivity index (χ1v) is 46.9. The number of carboxylic acid groups (broad SMARTS) is 1. The second kappa shape index (κ2) is 85.1. The van der Waals surface area contributed by atoms with Crippen LogP contribution < -0.4 is 79.7 Å². The smallest absolute Gasteiger partial charge is 0.481 e. The Morgan fingerprint density at radius 3 is 0.932 bits per heavy atom. The molecule has 0 aliphatic heterocycles. The molecular formula is C84H121ClN24O27P2S8. The second-order valence-electron chi connectivity index (χ2n) is 29.7. The SMILES string of the molecule is CC(C)[C@H](NC(=O)CN=[N+]=[N-])C(=O)C[C@@H](CCCNC(N)=O)C(=O)Nc1ccc(CO)cc1.CC(C)[C@H](NC(=O)CN=[N+]=[N-])C(=O)C[C@@H](CCCNC(N)=O)C(=O)Nc1ccc(COC(=O)Oc2ccc([N+](=O)[O-])cc2)cc1.CC(C)[C@H](NC(=O)CN=[N+]=[N-])C(=O)C[C@@H](CCCNC(N)=O)C(=O)O.CCl.Nc1ccc(CO)cc1.O=C(Oc1ccc([N+](=O)[O-])cc1)Oc1ccc([N+](=O)[O-])cc1.S.S.S.S.S.S.S=PP=S. The van der Waals surface area contributed by atoms with E-state index in [9.17, 15) is 103 Å². The van der Waals surface area contributed by atoms with Crippen molar-refractivity contribution in [2.45, 2.75) is 137 Å². The number of nitrogens with one attached hydrogen (secondary N) is 8. The number of alkyl halides is 1. The Labute approximate surface area is 898 Å². The molecule has 6 atom stereocenters. The summed E-state index contributed by atoms with van der Waals surface area (Å²) in [5.74, 6) is -8.05. The van der Waals surface area contributed by atoms with Gasteiger partial charge in [0.05, 0.1) is 52.0 Å². The monoisotopic (exact) mass is 2250 g/mol. The van der Waals surface area contributed by atoms with Gasteiger partial charge in [-0.1, -0.05) is 93.3 Å². The number of carbonyl (C=O) groups is 14. The van der Waals surface area contributed by atoms with E-state index in [0.717, 1.165) is 25.3 Å². The third-order valence-corrected chi connectivity index (χ3v) is 20.9. The quantitative estimate of drug-likeness (QED) is 0.00144. The molecule has 19 N–H and O–H groups in total. The molecule has 0 bridgehead atoms. The molecule has 804 valence electrons. The molecule has 0 radical (unpaired) electrons. The van der Waals surface area contributed by atoms with Gasteiger partial charge >= 0.3 is 36.4 Å². The normalized spacial score (nSPS) is 10.9. The number of non-ortho nitro benzene ring substituents is 3. The number of urea groups is 3. The lowest BCUT2D eigenvalue weighted by molar-refractivity contribution is -0.385. The molecule has 62 heteroatoms. The summed E-state index contributed by atoms with van der Waals surface area (Å²) in [5, 5.41) is 88.4. The number of halogens is 1. The molecule has 0 saturated carbocycles. The molecule has 6 rings (SSSR count). The number of hydrogen-bond donors (Lipinski definition) is 15. The minimum absolute atomic E-state index is 0. The van der Waals surface area contributed by atoms with E-state index in [2.05, 4.69) is 108 Å². The zero-order chi connectivity index (χ0) is 106. The number of aliphatic carboxylic acids is 1. The van der Waals surface area contributed by atoms with E-state index in [-0.39, 0.29) is 216 Å². The van der Waals surface area contributed by atoms with E-state index in [1.807, 2.05) is 0 Å². The Morgan fingerprint density at radius 2 is 0.685 bits per heavy atom. The molecule has 0 aliphatic rings. The van der Waals surface area contributed by atoms with Crippen molar-refractivity contribution in [3.63, 3.8) is 0 Å². The standard InChI is InChI=1S/C28H34N8O9.C21H31N7O5.C14H24N6O5.C13H8N2O7.C7H9NO.CH3Cl.P2S2.6H2S/c1-17(2)25(34-24(38)15-32-35-30)23(37)14-19(4-3-13-31-27(29)40)26(39)33-20-7-5-18(6-8-20)16-44-28(41)45-22-11-9-21(10-12-22)36(42)43;1-13(2)19(27-18(31)11-25-28-23)17(30)10-15(4-3-9-24-21(22)33)20(32)26-16-7-5-14(12-29)6-8-16;1-8(2)12(19-11(22)7-18-20-16)10(21)6-9(13(23)24)4-3-5-17-14(15)25;16-13(21-11-5-1-9(2-6-11)14(17)18)22-12-7-3-10(4-8-12)15(19)20;8-7-3-1-6(5-9)2-4-7;1-2;3-1-2-4;;;;;;/h5-12,17,19,25H,3-4,13-16H2,1-2H3,(H,33,39)(H,34,38)(H3,29,31,40);5-8,13,15,19,29H,3-4,9-12H2,1-2H3,(H,26,32)(H,27,31)(H3,22,24,33);8-9,12H,3-7H2,1-2H3,(H,19,22)(H,23,24)(H3,15,17,25);1-8H;1-4,9H,5,8H2;1H3;;6*1H2/t19-,25+;15-,19+;9-,12+;;;;;;;;;;/m111........../s1. The van der Waals surface area contributed by atoms with E-state index < -0.39 is 142 Å². The van der Waals surface area contributed by atoms with Gasteiger partial charge < -0.3 is 99.7 Å². The number of nitro benzene ring substituents is 3. The molecule has 0 aromatic heterocycles. The number of carboxylic acids is 1. The van der Waals surface area contributed by atoms with Gasteiger partial charge in [-0.15, -0.1) is 11.6 Å². The highest BCUT2D eigenvalue weighted by atomic mass is 35.5. The van der Waals surface area contributed by atoms with Crippen molar-refractivity contribution in [3.05, 3.63) is 224 Å². The van der Waals surface area contributed by atoms with E-state index in [0.29, 0.717) is 48.2 Å². The zero-order valence-electron chi connectivity index (χ0n) is 79.7. The fraction of sp³-hybridized carbons (Fsp3) is 0.405. The molecule has 11 amide bonds. The number of benzene rings is 6. The third-order valence-electron chi connectivity index (χ3n) is 18.3. The van der Waals surface area contributed by atoms with Crippen molar-refractivity contribution in [1.82, 2.24) is 31.9 Å². The highest BCUT2D eigenvalue weighted by Gasteiger charge is 2.33. The zero-order valence-corrected chi connectivity index (χ0v) is 89.9. The van der Waals surface area contributed by atoms with Crippen LogP contribution in [0.4, 0.5) is 58.1 Å². The second-order valence-corrected chi connectivity index (χ2v) is 34.0. The van der Waals surface area contributed by atoms with Crippen molar-refractivity contribution in [2.24, 2.45) is 68.1 Å². The molecule has 0 heterocycles. The summed E-state index contributed by atoms with van der Waals surface area (Å²) in [4.78, 5) is 205. The average Bonchev–Trinajstić information content (AvgIpc) is 0.888. The summed E-state index contributed by atoms with van der Waals surface area (Å²) in [6, 6.07) is 29.9. The van der Waals surface area contributed by atoms with E-state index >= 15 is 0 Å². The first kappa shape index (κ1) is 146. The maximum absolute atomic E-state index is 13.2. The highest BCUT2D eigenvalue weighted by Crippen LogP contribution is 2.26. The summed E-state index contributed by atoms with van der Waals surface area (Å²) in [6.07, 6.45) is 0.581. The number of nitrogens with zero attached hydrogens (tertiary/aromatic N) is 12. The van der Waals surface area contributed by atoms with Gasteiger partial charge in [0.1, 0.15) is 43.5 Å². The van der Waals surface area contributed by atoms with Gasteiger partial charge in [-0.2, -0.15) is 81.0 Å². The Morgan fingerprint density at radius 1 is 0.425 bits per heavy atom. The van der Waals surface area contributed by atoms with Crippen LogP contribution in [0.1, 0.15) is 116 Å². The topological polar surface area (TPSA) is 813 Å². The lowest BCUT2D eigenvalue weighted by Gasteiger charge is -2.24. The van der Waals surface area contributed by atoms with Crippen molar-refractivity contribution in [1.29, 1.82) is 0 Å². The number of nitro groups is 3. The van der Waals surface area contributed by atoms with Crippen LogP contribution in [0.5, 0.6) is 17.2 Å². The number of aliphatic hydroxyl groups is 2. The molecule has 6 aromatic carbocycles. The number of azide groups is 3. The summed E-state index contributed by atoms with van der Waals surface area (Å²) >= 11 is 13.5. The van der Waals surface area contributed by atoms with Crippen LogP contribution in [0.25, 0.3) is 31.3 Å². The van der Waals surface area contributed by atoms with Crippen LogP contribution in [0.15, 0.2) is 161 Å². The Balaban J connectivity index is -0.000000341. The number of nitrogens with two attached hydrogens (primary N) is 4. The number of ketones is 3. The van der Waals surface area contributed by atoms with Gasteiger partial charge in [0.15, 0.2) is 17.3 Å². The molecule has 146 heavy (non-hydrogen) atoms. The third kappa shape index (κ3) is 66.7. The molecule has 0 aliphatic carbocycles. The number of anilines is 3. The Kier molecular flexibility index (Phi) is 84.9. The summed E-state index contributed by atoms with van der Waals surface area (Å²) in [7, 11) is 1.74. The van der Waals surface area contributed by atoms with Crippen molar-refractivity contribution >= 4 is 248 Å². The van der Waals surface area contributed by atoms with Crippen LogP contribution in [0.2, 0.25) is 0 Å². The van der Waals surface area contributed by atoms with Gasteiger partial charge in [-0.25, -0.2) is 24.0 Å². The maximum Gasteiger partial charge on any atom is 0.519 e. The van der Waals surface area contributed by atoms with Gasteiger partial charge in [0, 0.05) is 139 Å². The molecule has 6 aromatic rings. The van der Waals surface area contributed by atoms with E-state index in [1.54, 1.807) is 114 Å². The van der Waals surface area contributed by atoms with Gasteiger partial charge in [0.2, 0.25) is 29.5 Å². The number of aliphatic hydroxyl groups excluding tert-OH is 2. The molecular weight excluding hydrogens is 2130 g/mol. The number of amides is 11. The maximum atomic E-state index is 13.2. The van der Waals surface area contributed by atoms with Crippen LogP contribution in [0.3, 0.4) is 0 Å². The fourth-order valence-corrected chi connectivity index (χ4v) is 11.4. The van der Waals surface area contributed by atoms with Gasteiger partial charge in [0.25, 0.3) is 17.1 Å². The Hall–Kier alpha value is -13.2. The average molecular weight is 2250 g/mol. The van der Waals surface area contributed by atoms with Crippen molar-refractivity contribution in [3.8, 4) is 17.2 Å². The van der Waals surface area contributed by atoms with E-state index in [1.165, 1.54) is 79.2 Å². The van der Waals surface area contributed by atoms with Gasteiger partial charge in [-0.05, 0) is 186 Å². The lowest BCUT2D eigenvalue weighted by Crippen LogP contribution is -2.46. The summed E-state index contributed by atoms with van der Waals surface area (Å²) < 4.78 is 19.7. The number of rotatable bonds is 49. The van der Waals surface area contributed by atoms with Crippen LogP contribution in [-0.4, -0.2) is 177 Å². The summed E-state index contributed by atoms with van der Waals surface area (Å²) in [6.45, 7) is 9.48. The first-order valence-electron chi connectivity index (χ1n) is 41.6. The van der Waals surface area contributed by atoms with Crippen LogP contribution >= 0.6 is 107 Å². The predicted octanol–water partition coefficient (Wildman–Crippen LogP) is 13.0. The van der Waals surface area contributed by atoms with Crippen molar-refractivity contribution < 1.29 is 116 Å². The van der Waals surface area contributed by atoms with Crippen LogP contribution in [-0.2, 0) is 91.3 Å². The van der Waals surface area contributed by atoms with E-state index in [4.69, 9.17) is 68.7 Å². The van der Waals surface area contributed by atoms with Crippen LogP contribution in [0, 0.1) is 65.9 Å². The minimum atomic E-state index is -1.13. The number of primary amides is 3.